The van der Waals surface area contributed by atoms with Gasteiger partial charge in [-0.2, -0.15) is 0 Å². The van der Waals surface area contributed by atoms with Gasteiger partial charge in [-0.3, -0.25) is 9.59 Å². The van der Waals surface area contributed by atoms with Crippen molar-refractivity contribution in [2.45, 2.75) is 38.3 Å². The van der Waals surface area contributed by atoms with Crippen LogP contribution in [0.15, 0.2) is 109 Å². The first-order chi connectivity index (χ1) is 21.5. The molecule has 0 spiro atoms. The number of anilines is 1. The number of methoxy groups -OCH3 is 1. The van der Waals surface area contributed by atoms with E-state index in [9.17, 15) is 14.4 Å². The summed E-state index contributed by atoms with van der Waals surface area (Å²) in [7, 11) is 1.36. The molecule has 0 heterocycles. The number of rotatable bonds is 15. The van der Waals surface area contributed by atoms with Gasteiger partial charge in [-0.25, -0.2) is 4.79 Å². The molecule has 1 amide bonds. The van der Waals surface area contributed by atoms with Crippen LogP contribution in [0.2, 0.25) is 0 Å². The molecule has 4 aromatic rings. The minimum atomic E-state index is -0.698. The predicted octanol–water partition coefficient (Wildman–Crippen LogP) is 6.32. The van der Waals surface area contributed by atoms with Crippen molar-refractivity contribution in [2.75, 3.05) is 25.6 Å². The highest BCUT2D eigenvalue weighted by Crippen LogP contribution is 2.31. The summed E-state index contributed by atoms with van der Waals surface area (Å²) in [5.74, 6) is 0.581. The van der Waals surface area contributed by atoms with E-state index in [0.717, 1.165) is 36.1 Å². The van der Waals surface area contributed by atoms with Gasteiger partial charge in [0.05, 0.1) is 13.7 Å². The largest absolute Gasteiger partial charge is 0.494 e. The second-order valence-corrected chi connectivity index (χ2v) is 11.0. The Kier molecular flexibility index (Phi) is 10.4. The predicted molar refractivity (Wildman–Crippen MR) is 171 cm³/mol. The SMILES string of the molecule is COC(=O)[C@H](Cc1ccc(OCCCN(Cc2ccccc2)C(=O)C2CC2)cc1)Nc1ccccc1C(=O)c1ccccc1. The maximum atomic E-state index is 13.2. The fraction of sp³-hybridized carbons (Fsp3) is 0.270. The molecule has 7 nitrogen and oxygen atoms in total. The number of carbonyl (C=O) groups excluding carboxylic acids is 3. The average Bonchev–Trinajstić information content (AvgIpc) is 3.92. The fourth-order valence-electron chi connectivity index (χ4n) is 5.14. The zero-order valence-electron chi connectivity index (χ0n) is 25.0. The van der Waals surface area contributed by atoms with Gasteiger partial charge in [0.1, 0.15) is 11.8 Å². The molecule has 1 aliphatic carbocycles. The van der Waals surface area contributed by atoms with E-state index in [4.69, 9.17) is 9.47 Å². The van der Waals surface area contributed by atoms with Gasteiger partial charge in [-0.15, -0.1) is 0 Å². The molecule has 5 rings (SSSR count). The summed E-state index contributed by atoms with van der Waals surface area (Å²) in [5.41, 5.74) is 3.67. The van der Waals surface area contributed by atoms with Gasteiger partial charge in [0.2, 0.25) is 5.91 Å². The van der Waals surface area contributed by atoms with Crippen molar-refractivity contribution >= 4 is 23.3 Å². The monoisotopic (exact) mass is 590 g/mol. The normalized spacial score (nSPS) is 13.0. The zero-order chi connectivity index (χ0) is 30.7. The molecule has 226 valence electrons. The van der Waals surface area contributed by atoms with Gasteiger partial charge < -0.3 is 19.7 Å². The molecule has 0 aromatic heterocycles. The van der Waals surface area contributed by atoms with Crippen LogP contribution in [0.4, 0.5) is 5.69 Å². The molecule has 1 N–H and O–H groups in total. The van der Waals surface area contributed by atoms with Crippen molar-refractivity contribution < 1.29 is 23.9 Å². The van der Waals surface area contributed by atoms with E-state index in [2.05, 4.69) is 17.4 Å². The lowest BCUT2D eigenvalue weighted by Gasteiger charge is -2.23. The van der Waals surface area contributed by atoms with Crippen LogP contribution in [-0.2, 0) is 27.3 Å². The van der Waals surface area contributed by atoms with E-state index in [-0.39, 0.29) is 17.6 Å². The van der Waals surface area contributed by atoms with Crippen molar-refractivity contribution in [2.24, 2.45) is 5.92 Å². The molecule has 0 saturated heterocycles. The van der Waals surface area contributed by atoms with Crippen LogP contribution in [0.1, 0.15) is 46.3 Å². The molecule has 0 radical (unpaired) electrons. The van der Waals surface area contributed by atoms with Crippen LogP contribution in [0.5, 0.6) is 5.75 Å². The molecule has 1 saturated carbocycles. The Labute approximate surface area is 258 Å². The molecule has 1 atom stereocenters. The Morgan fingerprint density at radius 2 is 1.48 bits per heavy atom. The smallest absolute Gasteiger partial charge is 0.328 e. The van der Waals surface area contributed by atoms with Gasteiger partial charge in [-0.05, 0) is 54.7 Å². The van der Waals surface area contributed by atoms with Gasteiger partial charge in [0.15, 0.2) is 5.78 Å². The highest BCUT2D eigenvalue weighted by Gasteiger charge is 2.33. The maximum Gasteiger partial charge on any atom is 0.328 e. The van der Waals surface area contributed by atoms with E-state index >= 15 is 0 Å². The van der Waals surface area contributed by atoms with Gasteiger partial charge in [0.25, 0.3) is 0 Å². The first kappa shape index (κ1) is 30.5. The number of ketones is 1. The lowest BCUT2D eigenvalue weighted by atomic mass is 10.00. The Bertz CT molecular complexity index is 1540. The van der Waals surface area contributed by atoms with Crippen molar-refractivity contribution in [3.8, 4) is 5.75 Å². The van der Waals surface area contributed by atoms with Crippen LogP contribution in [0.25, 0.3) is 0 Å². The van der Waals surface area contributed by atoms with E-state index in [1.54, 1.807) is 30.3 Å². The number of nitrogens with zero attached hydrogens (tertiary/aromatic N) is 1. The van der Waals surface area contributed by atoms with Crippen LogP contribution in [-0.4, -0.2) is 48.9 Å². The summed E-state index contributed by atoms with van der Waals surface area (Å²) in [5, 5.41) is 3.24. The number of hydrogen-bond donors (Lipinski definition) is 1. The molecule has 1 fully saturated rings. The summed E-state index contributed by atoms with van der Waals surface area (Å²) in [6.45, 7) is 1.75. The van der Waals surface area contributed by atoms with Crippen molar-refractivity contribution in [3.63, 3.8) is 0 Å². The molecule has 44 heavy (non-hydrogen) atoms. The van der Waals surface area contributed by atoms with Crippen LogP contribution in [0, 0.1) is 5.92 Å². The molecular weight excluding hydrogens is 552 g/mol. The third-order valence-corrected chi connectivity index (χ3v) is 7.68. The average molecular weight is 591 g/mol. The Morgan fingerprint density at radius 1 is 0.818 bits per heavy atom. The summed E-state index contributed by atoms with van der Waals surface area (Å²) in [4.78, 5) is 40.7. The minimum Gasteiger partial charge on any atom is -0.494 e. The number of nitrogens with one attached hydrogen (secondary N) is 1. The number of carbonyl (C=O) groups is 3. The second-order valence-electron chi connectivity index (χ2n) is 11.0. The van der Waals surface area contributed by atoms with Crippen LogP contribution in [0.3, 0.4) is 0 Å². The number of benzene rings is 4. The molecule has 0 aliphatic heterocycles. The van der Waals surface area contributed by atoms with Gasteiger partial charge in [0, 0.05) is 42.2 Å². The number of amides is 1. The van der Waals surface area contributed by atoms with Crippen LogP contribution < -0.4 is 10.1 Å². The van der Waals surface area contributed by atoms with E-state index in [0.29, 0.717) is 42.9 Å². The third kappa shape index (κ3) is 8.34. The quantitative estimate of drug-likeness (QED) is 0.0991. The standard InChI is InChI=1S/C37H38N2O5/c1-43-37(42)34(38-33-16-9-8-15-32(33)35(40)29-13-6-3-7-14-29)25-27-17-21-31(22-18-27)44-24-10-23-39(36(41)30-19-20-30)26-28-11-4-2-5-12-28/h2-9,11-18,21-22,30,34,38H,10,19-20,23-26H2,1H3/t34-/m0/s1. The minimum absolute atomic E-state index is 0.126. The summed E-state index contributed by atoms with van der Waals surface area (Å²) in [6.07, 6.45) is 3.05. The molecular formula is C37H38N2O5. The number of hydrogen-bond acceptors (Lipinski definition) is 6. The number of para-hydroxylation sites is 1. The Morgan fingerprint density at radius 3 is 2.16 bits per heavy atom. The first-order valence-electron chi connectivity index (χ1n) is 15.1. The van der Waals surface area contributed by atoms with E-state index in [1.807, 2.05) is 71.6 Å². The highest BCUT2D eigenvalue weighted by molar-refractivity contribution is 6.12. The summed E-state index contributed by atoms with van der Waals surface area (Å²) >= 11 is 0. The fourth-order valence-corrected chi connectivity index (χ4v) is 5.14. The van der Waals surface area contributed by atoms with Crippen molar-refractivity contribution in [1.82, 2.24) is 4.90 Å². The topological polar surface area (TPSA) is 84.9 Å². The number of esters is 1. The van der Waals surface area contributed by atoms with Crippen molar-refractivity contribution in [3.05, 3.63) is 131 Å². The van der Waals surface area contributed by atoms with Crippen molar-refractivity contribution in [1.29, 1.82) is 0 Å². The van der Waals surface area contributed by atoms with Gasteiger partial charge >= 0.3 is 5.97 Å². The molecule has 0 bridgehead atoms. The molecule has 4 aromatic carbocycles. The molecule has 7 heteroatoms. The zero-order valence-corrected chi connectivity index (χ0v) is 25.0. The summed E-state index contributed by atoms with van der Waals surface area (Å²) < 4.78 is 11.1. The Hall–Kier alpha value is -4.91. The maximum absolute atomic E-state index is 13.2. The van der Waals surface area contributed by atoms with Crippen LogP contribution >= 0.6 is 0 Å². The lowest BCUT2D eigenvalue weighted by molar-refractivity contribution is -0.141. The van der Waals surface area contributed by atoms with E-state index < -0.39 is 12.0 Å². The Balaban J connectivity index is 1.16. The van der Waals surface area contributed by atoms with Gasteiger partial charge in [-0.1, -0.05) is 84.9 Å². The summed E-state index contributed by atoms with van der Waals surface area (Å²) in [6, 6.07) is 33.2. The first-order valence-corrected chi connectivity index (χ1v) is 15.1. The lowest BCUT2D eigenvalue weighted by Crippen LogP contribution is -2.33. The molecule has 0 unspecified atom stereocenters. The molecule has 1 aliphatic rings. The van der Waals surface area contributed by atoms with E-state index in [1.165, 1.54) is 7.11 Å². The second kappa shape index (κ2) is 15.0. The number of ether oxygens (including phenoxy) is 2. The third-order valence-electron chi connectivity index (χ3n) is 7.68. The highest BCUT2D eigenvalue weighted by atomic mass is 16.5.